The van der Waals surface area contributed by atoms with Gasteiger partial charge in [0.05, 0.1) is 12.7 Å². The second-order valence-corrected chi connectivity index (χ2v) is 4.03. The summed E-state index contributed by atoms with van der Waals surface area (Å²) in [6.45, 7) is 0.519. The van der Waals surface area contributed by atoms with Crippen LogP contribution in [0.2, 0.25) is 0 Å². The first-order chi connectivity index (χ1) is 9.79. The van der Waals surface area contributed by atoms with Gasteiger partial charge in [0.1, 0.15) is 24.7 Å². The molecule has 0 heterocycles. The van der Waals surface area contributed by atoms with Crippen molar-refractivity contribution in [1.29, 1.82) is 0 Å². The average Bonchev–Trinajstić information content (AvgIpc) is 2.53. The van der Waals surface area contributed by atoms with E-state index in [0.717, 1.165) is 5.75 Å². The molecule has 0 aliphatic rings. The third-order valence-corrected chi connectivity index (χ3v) is 2.65. The van der Waals surface area contributed by atoms with Gasteiger partial charge in [-0.25, -0.2) is 4.79 Å². The van der Waals surface area contributed by atoms with Gasteiger partial charge in [-0.05, 0) is 36.4 Å². The highest BCUT2D eigenvalue weighted by molar-refractivity contribution is 5.89. The van der Waals surface area contributed by atoms with E-state index in [0.29, 0.717) is 17.9 Å². The number of carbonyl (C=O) groups is 1. The van der Waals surface area contributed by atoms with Gasteiger partial charge >= 0.3 is 5.97 Å². The fourth-order valence-electron chi connectivity index (χ4n) is 1.62. The summed E-state index contributed by atoms with van der Waals surface area (Å²) in [5.41, 5.74) is 0.539. The lowest BCUT2D eigenvalue weighted by molar-refractivity contribution is 0.0450. The van der Waals surface area contributed by atoms with Crippen LogP contribution in [0.4, 0.5) is 0 Å². The molecule has 4 heteroatoms. The fraction of sp³-hybridized carbons (Fsp3) is 0.188. The Labute approximate surface area is 117 Å². The standard InChI is InChI=1S/C16H16O4/c1-18-14-7-9-15(10-8-14)19-11-12-20-16(17)13-5-3-2-4-6-13/h2-10H,11-12H2,1H3. The van der Waals surface area contributed by atoms with Crippen LogP contribution in [0.1, 0.15) is 10.4 Å². The maximum atomic E-state index is 11.6. The molecule has 0 radical (unpaired) electrons. The SMILES string of the molecule is COc1ccc(OCCOC(=O)c2ccccc2)cc1. The molecule has 0 saturated heterocycles. The quantitative estimate of drug-likeness (QED) is 0.599. The van der Waals surface area contributed by atoms with Crippen molar-refractivity contribution >= 4 is 5.97 Å². The molecule has 0 atom stereocenters. The molecule has 0 N–H and O–H groups in total. The molecule has 2 aromatic carbocycles. The lowest BCUT2D eigenvalue weighted by Gasteiger charge is -2.08. The number of hydrogen-bond acceptors (Lipinski definition) is 4. The largest absolute Gasteiger partial charge is 0.497 e. The lowest BCUT2D eigenvalue weighted by atomic mass is 10.2. The van der Waals surface area contributed by atoms with Crippen LogP contribution in [0.15, 0.2) is 54.6 Å². The van der Waals surface area contributed by atoms with Crippen LogP contribution < -0.4 is 9.47 Å². The first kappa shape index (κ1) is 13.9. The van der Waals surface area contributed by atoms with Gasteiger partial charge in [0.15, 0.2) is 0 Å². The normalized spacial score (nSPS) is 9.85. The Kier molecular flexibility index (Phi) is 5.00. The first-order valence-electron chi connectivity index (χ1n) is 6.28. The number of carbonyl (C=O) groups excluding carboxylic acids is 1. The summed E-state index contributed by atoms with van der Waals surface area (Å²) in [5.74, 6) is 1.14. The molecule has 20 heavy (non-hydrogen) atoms. The second kappa shape index (κ2) is 7.19. The van der Waals surface area contributed by atoms with Crippen molar-refractivity contribution in [2.75, 3.05) is 20.3 Å². The van der Waals surface area contributed by atoms with E-state index in [1.54, 1.807) is 43.5 Å². The van der Waals surface area contributed by atoms with Gasteiger partial charge in [-0.3, -0.25) is 0 Å². The van der Waals surface area contributed by atoms with Gasteiger partial charge in [-0.1, -0.05) is 18.2 Å². The van der Waals surface area contributed by atoms with E-state index >= 15 is 0 Å². The van der Waals surface area contributed by atoms with Crippen molar-refractivity contribution in [1.82, 2.24) is 0 Å². The maximum absolute atomic E-state index is 11.6. The summed E-state index contributed by atoms with van der Waals surface area (Å²) in [6, 6.07) is 16.1. The lowest BCUT2D eigenvalue weighted by Crippen LogP contribution is -2.12. The minimum absolute atomic E-state index is 0.208. The molecule has 4 nitrogen and oxygen atoms in total. The number of methoxy groups -OCH3 is 1. The highest BCUT2D eigenvalue weighted by Crippen LogP contribution is 2.16. The molecule has 0 aromatic heterocycles. The number of esters is 1. The monoisotopic (exact) mass is 272 g/mol. The highest BCUT2D eigenvalue weighted by Gasteiger charge is 2.05. The van der Waals surface area contributed by atoms with E-state index in [9.17, 15) is 4.79 Å². The van der Waals surface area contributed by atoms with Crippen LogP contribution in [-0.2, 0) is 4.74 Å². The molecule has 2 aromatic rings. The zero-order chi connectivity index (χ0) is 14.2. The number of rotatable bonds is 6. The molecule has 104 valence electrons. The zero-order valence-electron chi connectivity index (χ0n) is 11.2. The molecule has 0 unspecified atom stereocenters. The van der Waals surface area contributed by atoms with Gasteiger partial charge in [0, 0.05) is 0 Å². The van der Waals surface area contributed by atoms with Crippen LogP contribution in [0.5, 0.6) is 11.5 Å². The van der Waals surface area contributed by atoms with E-state index in [1.807, 2.05) is 18.2 Å². The summed E-state index contributed by atoms with van der Waals surface area (Å²) >= 11 is 0. The molecule has 0 saturated carbocycles. The van der Waals surface area contributed by atoms with Gasteiger partial charge in [0.2, 0.25) is 0 Å². The van der Waals surface area contributed by atoms with E-state index in [2.05, 4.69) is 0 Å². The van der Waals surface area contributed by atoms with Crippen molar-refractivity contribution in [3.63, 3.8) is 0 Å². The molecular formula is C16H16O4. The maximum Gasteiger partial charge on any atom is 0.338 e. The van der Waals surface area contributed by atoms with Crippen LogP contribution in [-0.4, -0.2) is 26.3 Å². The van der Waals surface area contributed by atoms with E-state index in [1.165, 1.54) is 0 Å². The Morgan fingerprint density at radius 1 is 0.900 bits per heavy atom. The Bertz CT molecular complexity index is 534. The van der Waals surface area contributed by atoms with Gasteiger partial charge in [-0.2, -0.15) is 0 Å². The zero-order valence-corrected chi connectivity index (χ0v) is 11.2. The summed E-state index contributed by atoms with van der Waals surface area (Å²) in [5, 5.41) is 0. The molecule has 0 amide bonds. The summed E-state index contributed by atoms with van der Waals surface area (Å²) in [4.78, 5) is 11.6. The number of benzene rings is 2. The molecule has 0 bridgehead atoms. The van der Waals surface area contributed by atoms with E-state index in [4.69, 9.17) is 14.2 Å². The number of hydrogen-bond donors (Lipinski definition) is 0. The molecule has 0 aliphatic carbocycles. The van der Waals surface area contributed by atoms with Gasteiger partial charge in [-0.15, -0.1) is 0 Å². The average molecular weight is 272 g/mol. The Morgan fingerprint density at radius 2 is 1.55 bits per heavy atom. The summed E-state index contributed by atoms with van der Waals surface area (Å²) < 4.78 is 15.6. The predicted octanol–water partition coefficient (Wildman–Crippen LogP) is 2.93. The minimum Gasteiger partial charge on any atom is -0.497 e. The molecular weight excluding hydrogens is 256 g/mol. The third-order valence-electron chi connectivity index (χ3n) is 2.65. The van der Waals surface area contributed by atoms with Crippen molar-refractivity contribution < 1.29 is 19.0 Å². The van der Waals surface area contributed by atoms with Crippen LogP contribution in [0.25, 0.3) is 0 Å². The predicted molar refractivity (Wildman–Crippen MR) is 75.2 cm³/mol. The highest BCUT2D eigenvalue weighted by atomic mass is 16.6. The van der Waals surface area contributed by atoms with Gasteiger partial charge in [0.25, 0.3) is 0 Å². The second-order valence-electron chi connectivity index (χ2n) is 4.03. The smallest absolute Gasteiger partial charge is 0.338 e. The molecule has 0 spiro atoms. The molecule has 0 aliphatic heterocycles. The molecule has 0 fully saturated rings. The Hall–Kier alpha value is -2.49. The van der Waals surface area contributed by atoms with E-state index < -0.39 is 0 Å². The van der Waals surface area contributed by atoms with Crippen LogP contribution >= 0.6 is 0 Å². The van der Waals surface area contributed by atoms with Crippen LogP contribution in [0.3, 0.4) is 0 Å². The van der Waals surface area contributed by atoms with Crippen LogP contribution in [0, 0.1) is 0 Å². The fourth-order valence-corrected chi connectivity index (χ4v) is 1.62. The number of ether oxygens (including phenoxy) is 3. The van der Waals surface area contributed by atoms with Gasteiger partial charge < -0.3 is 14.2 Å². The van der Waals surface area contributed by atoms with Crippen molar-refractivity contribution in [2.45, 2.75) is 0 Å². The summed E-state index contributed by atoms with van der Waals surface area (Å²) in [6.07, 6.45) is 0. The first-order valence-corrected chi connectivity index (χ1v) is 6.28. The van der Waals surface area contributed by atoms with Crippen molar-refractivity contribution in [3.8, 4) is 11.5 Å². The minimum atomic E-state index is -0.344. The van der Waals surface area contributed by atoms with Crippen molar-refractivity contribution in [3.05, 3.63) is 60.2 Å². The third kappa shape index (κ3) is 4.02. The summed E-state index contributed by atoms with van der Waals surface area (Å²) in [7, 11) is 1.61. The topological polar surface area (TPSA) is 44.8 Å². The molecule has 2 rings (SSSR count). The van der Waals surface area contributed by atoms with E-state index in [-0.39, 0.29) is 12.6 Å². The Balaban J connectivity index is 1.72. The Morgan fingerprint density at radius 3 is 2.20 bits per heavy atom. The van der Waals surface area contributed by atoms with Crippen molar-refractivity contribution in [2.24, 2.45) is 0 Å².